The molecule has 7 aliphatic rings. The van der Waals surface area contributed by atoms with E-state index >= 15 is 0 Å². The molecular weight excluding hydrogens is 555 g/mol. The Morgan fingerprint density at radius 2 is 1.09 bits per heavy atom. The Morgan fingerprint density at radius 3 is 1.83 bits per heavy atom. The highest BCUT2D eigenvalue weighted by molar-refractivity contribution is 5.92. The van der Waals surface area contributed by atoms with Crippen molar-refractivity contribution in [2.24, 2.45) is 23.7 Å². The molecule has 1 nitrogen and oxygen atoms in total. The molecule has 5 aromatic rings. The molecule has 226 valence electrons. The number of nitrogens with zero attached hydrogens (tertiary/aromatic N) is 1. The molecule has 0 aromatic heterocycles. The van der Waals surface area contributed by atoms with E-state index in [-0.39, 0.29) is 10.8 Å². The van der Waals surface area contributed by atoms with E-state index in [1.165, 1.54) is 97.1 Å². The van der Waals surface area contributed by atoms with Crippen LogP contribution in [-0.2, 0) is 10.8 Å². The van der Waals surface area contributed by atoms with Gasteiger partial charge < -0.3 is 4.90 Å². The highest BCUT2D eigenvalue weighted by Gasteiger charge is 2.62. The molecule has 0 N–H and O–H groups in total. The van der Waals surface area contributed by atoms with Crippen LogP contribution in [0.4, 0.5) is 17.1 Å². The lowest BCUT2D eigenvalue weighted by molar-refractivity contribution is -0.0397. The lowest BCUT2D eigenvalue weighted by Gasteiger charge is -2.61. The molecule has 5 fully saturated rings. The largest absolute Gasteiger partial charge is 0.310 e. The minimum atomic E-state index is 0.114. The van der Waals surface area contributed by atoms with E-state index in [1.54, 1.807) is 22.3 Å². The average molecular weight is 596 g/mol. The summed E-state index contributed by atoms with van der Waals surface area (Å²) >= 11 is 0. The topological polar surface area (TPSA) is 3.24 Å². The van der Waals surface area contributed by atoms with Crippen LogP contribution >= 0.6 is 0 Å². The smallest absolute Gasteiger partial charge is 0.0509 e. The molecular formula is C45H41N. The van der Waals surface area contributed by atoms with E-state index < -0.39 is 0 Å². The molecule has 0 unspecified atom stereocenters. The Morgan fingerprint density at radius 1 is 0.478 bits per heavy atom. The fourth-order valence-electron chi connectivity index (χ4n) is 12.5. The molecule has 12 rings (SSSR count). The quantitative estimate of drug-likeness (QED) is 0.201. The van der Waals surface area contributed by atoms with Crippen LogP contribution in [0.2, 0.25) is 0 Å². The lowest BCUT2D eigenvalue weighted by atomic mass is 9.43. The third kappa shape index (κ3) is 3.17. The number of hydrogen-bond acceptors (Lipinski definition) is 1. The third-order valence-electron chi connectivity index (χ3n) is 13.8. The first-order valence-electron chi connectivity index (χ1n) is 18.1. The standard InChI is InChI=1S/C45H41N/c1-2-11-33(12-3-1)46(34-19-20-37-35-13-4-6-16-39(35)44(41(37)28-34)21-8-9-22-44)42-18-10-15-38-36-14-5-7-17-40(36)45(43(38)42)31-24-29-23-30(26-31)27-32(45)25-29/h1-7,10-20,28-32H,8-9,21-27H2. The SMILES string of the molecule is c1ccc(N(c2ccc3c(c2)C2(CCCC2)c2ccccc2-3)c2cccc3c2C2(c4ccccc4-3)C3CC4CC(C3)CC2C4)cc1. The van der Waals surface area contributed by atoms with Crippen LogP contribution in [0.5, 0.6) is 0 Å². The molecule has 46 heavy (non-hydrogen) atoms. The van der Waals surface area contributed by atoms with Crippen molar-refractivity contribution >= 4 is 17.1 Å². The van der Waals surface area contributed by atoms with E-state index in [4.69, 9.17) is 0 Å². The first-order chi connectivity index (χ1) is 22.8. The second-order valence-corrected chi connectivity index (χ2v) is 15.7. The van der Waals surface area contributed by atoms with Crippen LogP contribution in [0, 0.1) is 23.7 Å². The summed E-state index contributed by atoms with van der Waals surface area (Å²) < 4.78 is 0. The van der Waals surface area contributed by atoms with Crippen molar-refractivity contribution in [1.29, 1.82) is 0 Å². The second kappa shape index (κ2) is 9.25. The molecule has 4 bridgehead atoms. The number of rotatable bonds is 3. The summed E-state index contributed by atoms with van der Waals surface area (Å²) in [7, 11) is 0. The first-order valence-corrected chi connectivity index (χ1v) is 18.1. The molecule has 5 saturated carbocycles. The van der Waals surface area contributed by atoms with Gasteiger partial charge in [-0.25, -0.2) is 0 Å². The number of hydrogen-bond donors (Lipinski definition) is 0. The fourth-order valence-corrected chi connectivity index (χ4v) is 12.5. The third-order valence-corrected chi connectivity index (χ3v) is 13.8. The Hall–Kier alpha value is -4.10. The zero-order chi connectivity index (χ0) is 30.0. The number of benzene rings is 5. The van der Waals surface area contributed by atoms with Crippen LogP contribution in [0.15, 0.2) is 115 Å². The fraction of sp³-hybridized carbons (Fsp3) is 0.333. The van der Waals surface area contributed by atoms with Gasteiger partial charge in [-0.15, -0.1) is 0 Å². The maximum Gasteiger partial charge on any atom is 0.0509 e. The summed E-state index contributed by atoms with van der Waals surface area (Å²) in [5.41, 5.74) is 16.5. The summed E-state index contributed by atoms with van der Waals surface area (Å²) in [5.74, 6) is 3.34. The van der Waals surface area contributed by atoms with E-state index in [2.05, 4.69) is 120 Å². The molecule has 0 radical (unpaired) electrons. The summed E-state index contributed by atoms with van der Waals surface area (Å²) in [6, 6.07) is 44.9. The Kier molecular flexibility index (Phi) is 5.23. The van der Waals surface area contributed by atoms with Crippen molar-refractivity contribution in [3.8, 4) is 22.3 Å². The van der Waals surface area contributed by atoms with Gasteiger partial charge in [0.25, 0.3) is 0 Å². The van der Waals surface area contributed by atoms with Crippen LogP contribution in [0.1, 0.15) is 80.0 Å². The first kappa shape index (κ1) is 26.0. The van der Waals surface area contributed by atoms with Gasteiger partial charge >= 0.3 is 0 Å². The van der Waals surface area contributed by atoms with Gasteiger partial charge in [0, 0.05) is 22.2 Å². The predicted molar refractivity (Wildman–Crippen MR) is 189 cm³/mol. The summed E-state index contributed by atoms with van der Waals surface area (Å²) in [5, 5.41) is 0. The minimum Gasteiger partial charge on any atom is -0.310 e. The molecule has 7 aliphatic carbocycles. The van der Waals surface area contributed by atoms with Crippen molar-refractivity contribution < 1.29 is 0 Å². The second-order valence-electron chi connectivity index (χ2n) is 15.7. The number of fused-ring (bicyclic) bond motifs is 8. The zero-order valence-corrected chi connectivity index (χ0v) is 26.6. The van der Waals surface area contributed by atoms with Crippen molar-refractivity contribution in [1.82, 2.24) is 0 Å². The van der Waals surface area contributed by atoms with E-state index in [0.29, 0.717) is 0 Å². The maximum atomic E-state index is 2.66. The number of para-hydroxylation sites is 1. The van der Waals surface area contributed by atoms with E-state index in [0.717, 1.165) is 23.7 Å². The number of anilines is 3. The van der Waals surface area contributed by atoms with Gasteiger partial charge in [-0.3, -0.25) is 0 Å². The Labute approximate surface area is 273 Å². The normalized spacial score (nSPS) is 28.3. The molecule has 0 saturated heterocycles. The van der Waals surface area contributed by atoms with Gasteiger partial charge in [-0.1, -0.05) is 97.8 Å². The summed E-state index contributed by atoms with van der Waals surface area (Å²) in [6.45, 7) is 0. The highest BCUT2D eigenvalue weighted by Crippen LogP contribution is 2.71. The molecule has 0 atom stereocenters. The molecule has 0 aliphatic heterocycles. The molecule has 1 heteroatoms. The monoisotopic (exact) mass is 595 g/mol. The average Bonchev–Trinajstić information content (AvgIpc) is 3.78. The van der Waals surface area contributed by atoms with Crippen molar-refractivity contribution in [2.75, 3.05) is 4.90 Å². The maximum absolute atomic E-state index is 2.66. The van der Waals surface area contributed by atoms with Gasteiger partial charge in [0.05, 0.1) is 5.69 Å². The van der Waals surface area contributed by atoms with Crippen LogP contribution < -0.4 is 4.90 Å². The Balaban J connectivity index is 1.17. The van der Waals surface area contributed by atoms with Crippen LogP contribution in [-0.4, -0.2) is 0 Å². The van der Waals surface area contributed by atoms with Crippen LogP contribution in [0.3, 0.4) is 0 Å². The van der Waals surface area contributed by atoms with Crippen molar-refractivity contribution in [3.63, 3.8) is 0 Å². The minimum absolute atomic E-state index is 0.114. The molecule has 0 heterocycles. The van der Waals surface area contributed by atoms with Gasteiger partial charge in [-0.2, -0.15) is 0 Å². The van der Waals surface area contributed by atoms with Gasteiger partial charge in [0.1, 0.15) is 0 Å². The summed E-state index contributed by atoms with van der Waals surface area (Å²) in [6.07, 6.45) is 12.2. The Bertz CT molecular complexity index is 2000. The van der Waals surface area contributed by atoms with Gasteiger partial charge in [0.15, 0.2) is 0 Å². The predicted octanol–water partition coefficient (Wildman–Crippen LogP) is 11.7. The lowest BCUT2D eigenvalue weighted by Crippen LogP contribution is -2.55. The molecule has 0 amide bonds. The van der Waals surface area contributed by atoms with Crippen LogP contribution in [0.25, 0.3) is 22.3 Å². The molecule has 5 aromatic carbocycles. The highest BCUT2D eigenvalue weighted by atomic mass is 15.1. The van der Waals surface area contributed by atoms with Gasteiger partial charge in [0.2, 0.25) is 0 Å². The van der Waals surface area contributed by atoms with Crippen molar-refractivity contribution in [3.05, 3.63) is 138 Å². The molecule has 2 spiro atoms. The van der Waals surface area contributed by atoms with E-state index in [9.17, 15) is 0 Å². The zero-order valence-electron chi connectivity index (χ0n) is 26.6. The van der Waals surface area contributed by atoms with E-state index in [1.807, 2.05) is 0 Å². The van der Waals surface area contributed by atoms with Gasteiger partial charge in [-0.05, 0) is 143 Å². The van der Waals surface area contributed by atoms with Crippen molar-refractivity contribution in [2.45, 2.75) is 68.6 Å². The summed E-state index contributed by atoms with van der Waals surface area (Å²) in [4.78, 5) is 2.66.